The van der Waals surface area contributed by atoms with E-state index in [-0.39, 0.29) is 17.9 Å². The highest BCUT2D eigenvalue weighted by Gasteiger charge is 2.33. The Balaban J connectivity index is 1.25. The van der Waals surface area contributed by atoms with Crippen LogP contribution in [0.15, 0.2) is 42.5 Å². The Hall–Kier alpha value is -3.26. The molecule has 202 valence electrons. The molecule has 2 amide bonds. The van der Waals surface area contributed by atoms with E-state index in [0.717, 1.165) is 60.5 Å². The third-order valence-corrected chi connectivity index (χ3v) is 7.52. The van der Waals surface area contributed by atoms with E-state index in [1.54, 1.807) is 4.90 Å². The number of likely N-dealkylation sites (tertiary alicyclic amines) is 1. The minimum Gasteiger partial charge on any atom is -0.444 e. The van der Waals surface area contributed by atoms with Crippen LogP contribution in [0.5, 0.6) is 0 Å². The molecule has 1 atom stereocenters. The van der Waals surface area contributed by atoms with Crippen LogP contribution in [0.3, 0.4) is 0 Å². The van der Waals surface area contributed by atoms with E-state index < -0.39 is 5.60 Å². The van der Waals surface area contributed by atoms with Crippen LogP contribution in [0.4, 0.5) is 10.5 Å². The molecule has 8 nitrogen and oxygen atoms in total. The molecule has 1 N–H and O–H groups in total. The van der Waals surface area contributed by atoms with Crippen LogP contribution >= 0.6 is 11.6 Å². The number of nitrogens with one attached hydrogen (secondary N) is 1. The highest BCUT2D eigenvalue weighted by Crippen LogP contribution is 2.32. The number of amides is 2. The second kappa shape index (κ2) is 10.8. The van der Waals surface area contributed by atoms with Crippen molar-refractivity contribution in [1.29, 1.82) is 0 Å². The average molecular weight is 538 g/mol. The van der Waals surface area contributed by atoms with Gasteiger partial charge in [-0.05, 0) is 70.4 Å². The van der Waals surface area contributed by atoms with Crippen molar-refractivity contribution < 1.29 is 14.3 Å². The molecular formula is C29H36ClN5O3. The minimum absolute atomic E-state index is 0.138. The summed E-state index contributed by atoms with van der Waals surface area (Å²) in [6.07, 6.45) is 2.15. The Morgan fingerprint density at radius 2 is 1.79 bits per heavy atom. The maximum atomic E-state index is 13.5. The summed E-state index contributed by atoms with van der Waals surface area (Å²) in [4.78, 5) is 40.1. The number of para-hydroxylation sites is 2. The third-order valence-electron chi connectivity index (χ3n) is 7.19. The molecule has 38 heavy (non-hydrogen) atoms. The lowest BCUT2D eigenvalue weighted by Crippen LogP contribution is -2.48. The van der Waals surface area contributed by atoms with E-state index in [1.165, 1.54) is 0 Å². The van der Waals surface area contributed by atoms with Crippen LogP contribution in [0.2, 0.25) is 5.02 Å². The quantitative estimate of drug-likeness (QED) is 0.472. The SMILES string of the molecule is CC(C)(C)OC(=O)N1CCCC(C(=O)N2CCCN(c3ccc(Cl)c(-c4nc5ccccc5[nH]4)c3)CC2)C1. The lowest BCUT2D eigenvalue weighted by Gasteiger charge is -2.35. The van der Waals surface area contributed by atoms with Gasteiger partial charge < -0.3 is 24.4 Å². The van der Waals surface area contributed by atoms with Crippen molar-refractivity contribution in [3.63, 3.8) is 0 Å². The standard InChI is InChI=1S/C29H36ClN5O3/c1-29(2,3)38-28(37)35-13-6-8-20(19-35)27(36)34-15-7-14-33(16-17-34)21-11-12-23(30)22(18-21)26-31-24-9-4-5-10-25(24)32-26/h4-5,9-12,18,20H,6-8,13-17,19H2,1-3H3,(H,31,32). The normalized spacial score (nSPS) is 18.9. The van der Waals surface area contributed by atoms with Gasteiger partial charge in [0.25, 0.3) is 0 Å². The van der Waals surface area contributed by atoms with Crippen molar-refractivity contribution in [3.05, 3.63) is 47.5 Å². The molecule has 0 aliphatic carbocycles. The van der Waals surface area contributed by atoms with Gasteiger partial charge in [0, 0.05) is 50.5 Å². The van der Waals surface area contributed by atoms with Gasteiger partial charge in [-0.1, -0.05) is 23.7 Å². The Morgan fingerprint density at radius 3 is 2.58 bits per heavy atom. The Labute approximate surface area is 228 Å². The van der Waals surface area contributed by atoms with E-state index in [0.29, 0.717) is 31.2 Å². The zero-order chi connectivity index (χ0) is 26.9. The van der Waals surface area contributed by atoms with Crippen molar-refractivity contribution in [2.45, 2.75) is 45.6 Å². The molecule has 3 aromatic rings. The Bertz CT molecular complexity index is 1280. The first-order valence-electron chi connectivity index (χ1n) is 13.4. The molecule has 1 aromatic heterocycles. The molecule has 0 spiro atoms. The number of H-pyrrole nitrogens is 1. The maximum Gasteiger partial charge on any atom is 0.410 e. The number of aromatic nitrogens is 2. The molecule has 2 aromatic carbocycles. The summed E-state index contributed by atoms with van der Waals surface area (Å²) < 4.78 is 5.54. The predicted octanol–water partition coefficient (Wildman–Crippen LogP) is 5.57. The molecule has 0 bridgehead atoms. The summed E-state index contributed by atoms with van der Waals surface area (Å²) in [5, 5.41) is 0.645. The summed E-state index contributed by atoms with van der Waals surface area (Å²) in [5.41, 5.74) is 3.26. The van der Waals surface area contributed by atoms with E-state index in [2.05, 4.69) is 16.0 Å². The molecule has 2 aliphatic heterocycles. The summed E-state index contributed by atoms with van der Waals surface area (Å²) >= 11 is 6.58. The summed E-state index contributed by atoms with van der Waals surface area (Å²) in [7, 11) is 0. The largest absolute Gasteiger partial charge is 0.444 e. The van der Waals surface area contributed by atoms with Gasteiger partial charge in [-0.25, -0.2) is 9.78 Å². The van der Waals surface area contributed by atoms with E-state index in [9.17, 15) is 9.59 Å². The Morgan fingerprint density at radius 1 is 1.00 bits per heavy atom. The predicted molar refractivity (Wildman–Crippen MR) is 150 cm³/mol. The zero-order valence-corrected chi connectivity index (χ0v) is 23.1. The van der Waals surface area contributed by atoms with Crippen molar-refractivity contribution in [2.75, 3.05) is 44.2 Å². The number of piperidine rings is 1. The number of halogens is 1. The van der Waals surface area contributed by atoms with Gasteiger partial charge in [-0.3, -0.25) is 4.79 Å². The van der Waals surface area contributed by atoms with Crippen molar-refractivity contribution in [1.82, 2.24) is 19.8 Å². The smallest absolute Gasteiger partial charge is 0.410 e. The van der Waals surface area contributed by atoms with Crippen LogP contribution in [-0.4, -0.2) is 76.6 Å². The van der Waals surface area contributed by atoms with E-state index in [1.807, 2.05) is 62.1 Å². The highest BCUT2D eigenvalue weighted by molar-refractivity contribution is 6.33. The van der Waals surface area contributed by atoms with Crippen LogP contribution in [-0.2, 0) is 9.53 Å². The molecule has 3 heterocycles. The van der Waals surface area contributed by atoms with Gasteiger partial charge in [0.05, 0.1) is 22.0 Å². The number of aromatic amines is 1. The third kappa shape index (κ3) is 5.90. The monoisotopic (exact) mass is 537 g/mol. The molecule has 0 saturated carbocycles. The molecule has 5 rings (SSSR count). The van der Waals surface area contributed by atoms with Gasteiger partial charge in [0.2, 0.25) is 5.91 Å². The van der Waals surface area contributed by atoms with Crippen LogP contribution < -0.4 is 4.90 Å². The fraction of sp³-hybridized carbons (Fsp3) is 0.483. The number of benzene rings is 2. The minimum atomic E-state index is -0.547. The molecule has 1 unspecified atom stereocenters. The fourth-order valence-corrected chi connectivity index (χ4v) is 5.50. The van der Waals surface area contributed by atoms with Crippen molar-refractivity contribution in [2.24, 2.45) is 5.92 Å². The molecule has 2 fully saturated rings. The summed E-state index contributed by atoms with van der Waals surface area (Å²) in [5.74, 6) is 0.703. The molecular weight excluding hydrogens is 502 g/mol. The van der Waals surface area contributed by atoms with Crippen molar-refractivity contribution in [3.8, 4) is 11.4 Å². The van der Waals surface area contributed by atoms with E-state index in [4.69, 9.17) is 21.3 Å². The number of imidazole rings is 1. The van der Waals surface area contributed by atoms with Gasteiger partial charge in [-0.2, -0.15) is 0 Å². The van der Waals surface area contributed by atoms with Crippen LogP contribution in [0.1, 0.15) is 40.0 Å². The molecule has 9 heteroatoms. The number of fused-ring (bicyclic) bond motifs is 1. The second-order valence-electron chi connectivity index (χ2n) is 11.2. The second-order valence-corrected chi connectivity index (χ2v) is 11.6. The lowest BCUT2D eigenvalue weighted by atomic mass is 9.96. The molecule has 2 aliphatic rings. The first-order valence-corrected chi connectivity index (χ1v) is 13.8. The van der Waals surface area contributed by atoms with E-state index >= 15 is 0 Å². The number of anilines is 1. The zero-order valence-electron chi connectivity index (χ0n) is 22.4. The number of carbonyl (C=O) groups is 2. The van der Waals surface area contributed by atoms with Crippen LogP contribution in [0.25, 0.3) is 22.4 Å². The van der Waals surface area contributed by atoms with Gasteiger partial charge in [-0.15, -0.1) is 0 Å². The number of nitrogens with zero attached hydrogens (tertiary/aromatic N) is 4. The van der Waals surface area contributed by atoms with Gasteiger partial charge >= 0.3 is 6.09 Å². The summed E-state index contributed by atoms with van der Waals surface area (Å²) in [6.45, 7) is 9.58. The highest BCUT2D eigenvalue weighted by atomic mass is 35.5. The van der Waals surface area contributed by atoms with Gasteiger partial charge in [0.15, 0.2) is 0 Å². The topological polar surface area (TPSA) is 81.8 Å². The number of carbonyl (C=O) groups excluding carboxylic acids is 2. The fourth-order valence-electron chi connectivity index (χ4n) is 5.30. The molecule has 2 saturated heterocycles. The first-order chi connectivity index (χ1) is 18.2. The number of hydrogen-bond donors (Lipinski definition) is 1. The summed E-state index contributed by atoms with van der Waals surface area (Å²) in [6, 6.07) is 14.0. The van der Waals surface area contributed by atoms with Crippen molar-refractivity contribution >= 4 is 40.3 Å². The number of rotatable bonds is 3. The number of ether oxygens (including phenoxy) is 1. The van der Waals surface area contributed by atoms with Crippen LogP contribution in [0, 0.1) is 5.92 Å². The molecule has 0 radical (unpaired) electrons. The maximum absolute atomic E-state index is 13.5. The Kier molecular flexibility index (Phi) is 7.52. The number of hydrogen-bond acceptors (Lipinski definition) is 5. The van der Waals surface area contributed by atoms with Gasteiger partial charge in [0.1, 0.15) is 11.4 Å². The average Bonchev–Trinajstić information content (AvgIpc) is 3.17. The first kappa shape index (κ1) is 26.4. The lowest BCUT2D eigenvalue weighted by molar-refractivity contribution is -0.136.